The van der Waals surface area contributed by atoms with Gasteiger partial charge in [0.2, 0.25) is 10.0 Å². The van der Waals surface area contributed by atoms with Crippen molar-refractivity contribution < 1.29 is 17.2 Å². The van der Waals surface area contributed by atoms with Gasteiger partial charge in [0.05, 0.1) is 6.04 Å². The van der Waals surface area contributed by atoms with Gasteiger partial charge in [-0.1, -0.05) is 0 Å². The standard InChI is InChI=1S/C15H19F2N3O2S/c1-19(2)14(13-5-4-8-20(13)3)10-18-23(21,22)15-7-6-11(16)9-12(15)17/h4-9,14,18H,10H2,1-3H3. The number of nitrogens with one attached hydrogen (secondary N) is 1. The number of likely N-dealkylation sites (N-methyl/N-ethyl adjacent to an activating group) is 1. The van der Waals surface area contributed by atoms with E-state index in [1.54, 1.807) is 0 Å². The van der Waals surface area contributed by atoms with Crippen LogP contribution in [0.4, 0.5) is 8.78 Å². The van der Waals surface area contributed by atoms with Gasteiger partial charge in [-0.3, -0.25) is 4.90 Å². The highest BCUT2D eigenvalue weighted by molar-refractivity contribution is 7.89. The van der Waals surface area contributed by atoms with E-state index in [0.717, 1.165) is 17.8 Å². The molecule has 23 heavy (non-hydrogen) atoms. The molecule has 1 heterocycles. The van der Waals surface area contributed by atoms with Crippen molar-refractivity contribution in [3.8, 4) is 0 Å². The number of aromatic nitrogens is 1. The monoisotopic (exact) mass is 343 g/mol. The Labute approximate surface area is 134 Å². The third kappa shape index (κ3) is 3.95. The smallest absolute Gasteiger partial charge is 0.243 e. The average molecular weight is 343 g/mol. The van der Waals surface area contributed by atoms with Gasteiger partial charge < -0.3 is 4.57 Å². The molecule has 1 atom stereocenters. The number of sulfonamides is 1. The Morgan fingerprint density at radius 3 is 2.48 bits per heavy atom. The molecule has 2 aromatic rings. The van der Waals surface area contributed by atoms with Gasteiger partial charge in [-0.05, 0) is 38.4 Å². The highest BCUT2D eigenvalue weighted by Crippen LogP contribution is 2.20. The number of aryl methyl sites for hydroxylation is 1. The van der Waals surface area contributed by atoms with Gasteiger partial charge in [-0.15, -0.1) is 0 Å². The Morgan fingerprint density at radius 1 is 1.26 bits per heavy atom. The first-order chi connectivity index (χ1) is 10.7. The van der Waals surface area contributed by atoms with Crippen LogP contribution >= 0.6 is 0 Å². The van der Waals surface area contributed by atoms with Crippen LogP contribution in [-0.2, 0) is 17.1 Å². The minimum atomic E-state index is -4.07. The molecule has 8 heteroatoms. The summed E-state index contributed by atoms with van der Waals surface area (Å²) in [5, 5.41) is 0. The molecule has 1 N–H and O–H groups in total. The molecule has 5 nitrogen and oxygen atoms in total. The third-order valence-electron chi connectivity index (χ3n) is 3.60. The van der Waals surface area contributed by atoms with Crippen molar-refractivity contribution in [3.05, 3.63) is 53.9 Å². The molecule has 0 aliphatic rings. The first-order valence-corrected chi connectivity index (χ1v) is 8.43. The summed E-state index contributed by atoms with van der Waals surface area (Å²) in [5.41, 5.74) is 0.914. The first kappa shape index (κ1) is 17.6. The van der Waals surface area contributed by atoms with E-state index < -0.39 is 26.6 Å². The molecular weight excluding hydrogens is 324 g/mol. The van der Waals surface area contributed by atoms with E-state index >= 15 is 0 Å². The molecule has 1 aromatic carbocycles. The van der Waals surface area contributed by atoms with Gasteiger partial charge in [-0.2, -0.15) is 0 Å². The fraction of sp³-hybridized carbons (Fsp3) is 0.333. The van der Waals surface area contributed by atoms with Crippen molar-refractivity contribution in [1.29, 1.82) is 0 Å². The lowest BCUT2D eigenvalue weighted by atomic mass is 10.2. The molecule has 0 aliphatic carbocycles. The van der Waals surface area contributed by atoms with Crippen molar-refractivity contribution in [1.82, 2.24) is 14.2 Å². The van der Waals surface area contributed by atoms with Crippen LogP contribution in [0, 0.1) is 11.6 Å². The molecule has 2 rings (SSSR count). The predicted octanol–water partition coefficient (Wildman–Crippen LogP) is 1.88. The fourth-order valence-corrected chi connectivity index (χ4v) is 3.43. The Kier molecular flexibility index (Phi) is 5.18. The van der Waals surface area contributed by atoms with Crippen LogP contribution in [0.3, 0.4) is 0 Å². The molecule has 0 fully saturated rings. The average Bonchev–Trinajstić information content (AvgIpc) is 2.84. The summed E-state index contributed by atoms with van der Waals surface area (Å²) < 4.78 is 55.4. The zero-order chi connectivity index (χ0) is 17.2. The highest BCUT2D eigenvalue weighted by atomic mass is 32.2. The number of nitrogens with zero attached hydrogens (tertiary/aromatic N) is 2. The number of hydrogen-bond acceptors (Lipinski definition) is 3. The van der Waals surface area contributed by atoms with Gasteiger partial charge in [0.15, 0.2) is 0 Å². The van der Waals surface area contributed by atoms with E-state index in [2.05, 4.69) is 4.72 Å². The number of halogens is 2. The summed E-state index contributed by atoms with van der Waals surface area (Å²) in [4.78, 5) is 1.29. The summed E-state index contributed by atoms with van der Waals surface area (Å²) in [6.45, 7) is 0.0595. The van der Waals surface area contributed by atoms with Gasteiger partial charge in [0.25, 0.3) is 0 Å². The van der Waals surface area contributed by atoms with E-state index in [-0.39, 0.29) is 12.6 Å². The fourth-order valence-electron chi connectivity index (χ4n) is 2.33. The van der Waals surface area contributed by atoms with E-state index in [4.69, 9.17) is 0 Å². The van der Waals surface area contributed by atoms with Gasteiger partial charge >= 0.3 is 0 Å². The van der Waals surface area contributed by atoms with E-state index in [9.17, 15) is 17.2 Å². The van der Waals surface area contributed by atoms with Crippen molar-refractivity contribution in [2.24, 2.45) is 7.05 Å². The zero-order valence-corrected chi connectivity index (χ0v) is 13.9. The van der Waals surface area contributed by atoms with Crippen molar-refractivity contribution >= 4 is 10.0 Å². The molecule has 0 saturated carbocycles. The van der Waals surface area contributed by atoms with Crippen LogP contribution < -0.4 is 4.72 Å². The number of hydrogen-bond donors (Lipinski definition) is 1. The molecule has 0 aliphatic heterocycles. The Morgan fingerprint density at radius 2 is 1.96 bits per heavy atom. The molecule has 126 valence electrons. The molecular formula is C15H19F2N3O2S. The molecule has 0 spiro atoms. The van der Waals surface area contributed by atoms with E-state index in [1.807, 2.05) is 48.9 Å². The van der Waals surface area contributed by atoms with Gasteiger partial charge in [0.1, 0.15) is 16.5 Å². The SMILES string of the molecule is CN(C)C(CNS(=O)(=O)c1ccc(F)cc1F)c1cccn1C. The van der Waals surface area contributed by atoms with Crippen molar-refractivity contribution in [2.75, 3.05) is 20.6 Å². The maximum atomic E-state index is 13.7. The highest BCUT2D eigenvalue weighted by Gasteiger charge is 2.23. The van der Waals surface area contributed by atoms with Crippen molar-refractivity contribution in [3.63, 3.8) is 0 Å². The zero-order valence-electron chi connectivity index (χ0n) is 13.1. The predicted molar refractivity (Wildman–Crippen MR) is 83.4 cm³/mol. The summed E-state index contributed by atoms with van der Waals surface area (Å²) >= 11 is 0. The van der Waals surface area contributed by atoms with Gasteiger partial charge in [0, 0.05) is 31.5 Å². The Balaban J connectivity index is 2.21. The first-order valence-electron chi connectivity index (χ1n) is 6.95. The largest absolute Gasteiger partial charge is 0.353 e. The molecule has 0 radical (unpaired) electrons. The van der Waals surface area contributed by atoms with Crippen LogP contribution in [0.25, 0.3) is 0 Å². The molecule has 0 amide bonds. The second-order valence-corrected chi connectivity index (χ2v) is 7.19. The van der Waals surface area contributed by atoms with E-state index in [0.29, 0.717) is 6.07 Å². The van der Waals surface area contributed by atoms with Crippen LogP contribution in [0.15, 0.2) is 41.4 Å². The molecule has 1 aromatic heterocycles. The number of benzene rings is 1. The lowest BCUT2D eigenvalue weighted by molar-refractivity contribution is 0.289. The molecule has 1 unspecified atom stereocenters. The summed E-state index contributed by atoms with van der Waals surface area (Å²) in [6, 6.07) is 5.90. The number of rotatable bonds is 6. The summed E-state index contributed by atoms with van der Waals surface area (Å²) in [5.74, 6) is -1.94. The lowest BCUT2D eigenvalue weighted by Gasteiger charge is -2.25. The maximum absolute atomic E-state index is 13.7. The topological polar surface area (TPSA) is 54.3 Å². The minimum absolute atomic E-state index is 0.0595. The normalized spacial score (nSPS) is 13.5. The molecule has 0 saturated heterocycles. The third-order valence-corrected chi connectivity index (χ3v) is 5.06. The van der Waals surface area contributed by atoms with Crippen LogP contribution in [0.2, 0.25) is 0 Å². The second-order valence-electron chi connectivity index (χ2n) is 5.45. The van der Waals surface area contributed by atoms with Crippen molar-refractivity contribution in [2.45, 2.75) is 10.9 Å². The van der Waals surface area contributed by atoms with E-state index in [1.165, 1.54) is 0 Å². The minimum Gasteiger partial charge on any atom is -0.353 e. The molecule has 0 bridgehead atoms. The van der Waals surface area contributed by atoms with Crippen LogP contribution in [-0.4, -0.2) is 38.5 Å². The summed E-state index contributed by atoms with van der Waals surface area (Å²) in [7, 11) is 1.44. The van der Waals surface area contributed by atoms with Crippen LogP contribution in [0.5, 0.6) is 0 Å². The Hall–Kier alpha value is -1.77. The Bertz CT molecular complexity index is 788. The summed E-state index contributed by atoms with van der Waals surface area (Å²) in [6.07, 6.45) is 1.86. The quantitative estimate of drug-likeness (QED) is 0.871. The maximum Gasteiger partial charge on any atom is 0.243 e. The lowest BCUT2D eigenvalue weighted by Crippen LogP contribution is -2.35. The van der Waals surface area contributed by atoms with Gasteiger partial charge in [-0.25, -0.2) is 21.9 Å². The second kappa shape index (κ2) is 6.77. The van der Waals surface area contributed by atoms with Crippen LogP contribution in [0.1, 0.15) is 11.7 Å².